The van der Waals surface area contributed by atoms with Crippen LogP contribution in [0.5, 0.6) is 0 Å². The third-order valence-electron chi connectivity index (χ3n) is 13.1. The molecule has 4 atom stereocenters. The van der Waals surface area contributed by atoms with Crippen molar-refractivity contribution in [2.24, 2.45) is 0 Å². The van der Waals surface area contributed by atoms with Gasteiger partial charge in [-0.15, -0.1) is 0 Å². The van der Waals surface area contributed by atoms with Crippen molar-refractivity contribution in [2.75, 3.05) is 75.3 Å². The second kappa shape index (κ2) is 56.2. The highest BCUT2D eigenvalue weighted by Crippen LogP contribution is 2.34. The topological polar surface area (TPSA) is 369 Å². The second-order valence-electron chi connectivity index (χ2n) is 27.5. The summed E-state index contributed by atoms with van der Waals surface area (Å²) >= 11 is 0. The van der Waals surface area contributed by atoms with E-state index in [-0.39, 0.29) is 9.08 Å². The third-order valence-corrected chi connectivity index (χ3v) is 97.9. The summed E-state index contributed by atoms with van der Waals surface area (Å²) in [4.78, 5) is 0. The lowest BCUT2D eigenvalue weighted by atomic mass is 10.9. The van der Waals surface area contributed by atoms with E-state index in [1.807, 2.05) is 120 Å². The lowest BCUT2D eigenvalue weighted by molar-refractivity contribution is 0.0266. The number of hydrogen-bond donors (Lipinski definition) is 0. The van der Waals surface area contributed by atoms with Crippen molar-refractivity contribution < 1.29 is 171 Å². The van der Waals surface area contributed by atoms with E-state index in [0.717, 1.165) is 0 Å². The van der Waals surface area contributed by atoms with E-state index in [1.165, 1.54) is 42.7 Å². The predicted molar refractivity (Wildman–Crippen MR) is 493 cm³/mol. The molecular formula is C44H150O40Si29. The van der Waals surface area contributed by atoms with Crippen molar-refractivity contribution in [3.63, 3.8) is 0 Å². The van der Waals surface area contributed by atoms with Gasteiger partial charge in [-0.1, -0.05) is 13.8 Å². The average molecular weight is 2130 g/mol. The van der Waals surface area contributed by atoms with Crippen LogP contribution in [-0.2, 0) is 168 Å². The molecule has 0 radical (unpaired) electrons. The minimum Gasteiger partial charge on any atom is -0.420 e. The van der Waals surface area contributed by atoms with Crippen LogP contribution in [0.25, 0.3) is 0 Å². The van der Waals surface area contributed by atoms with Crippen LogP contribution in [0, 0.1) is 0 Å². The first kappa shape index (κ1) is 116. The Hall–Kier alpha value is 4.69. The van der Waals surface area contributed by atoms with E-state index in [2.05, 4.69) is 98.2 Å². The summed E-state index contributed by atoms with van der Waals surface area (Å²) in [6, 6.07) is 0. The molecule has 0 aromatic carbocycles. The summed E-state index contributed by atoms with van der Waals surface area (Å²) in [6.45, 7) is 68.5. The van der Waals surface area contributed by atoms with Gasteiger partial charge in [-0.05, 0) is 172 Å². The van der Waals surface area contributed by atoms with E-state index in [1.54, 1.807) is 0 Å². The normalized spacial score (nSPS) is 30.5. The first-order valence-corrected chi connectivity index (χ1v) is 99.5. The fourth-order valence-corrected chi connectivity index (χ4v) is 107. The Morgan fingerprint density at radius 3 is 0.699 bits per heavy atom. The zero-order valence-electron chi connectivity index (χ0n) is 74.8. The van der Waals surface area contributed by atoms with Gasteiger partial charge in [0.2, 0.25) is 0 Å². The Bertz CT molecular complexity index is 2210. The zero-order chi connectivity index (χ0) is 86.8. The standard InChI is InChI=1S/C12H32O8Si4.C10H30O9Si4.C8H28O4Si5.C7H24O3Si4.C4H16O4Si4.C2H6.CH10O12Si8.2H2/c1-9-13-21(5)17-22(6,14-10-2)19-24(8,16-12-4)20-23(7,18-21)15-11-3;1-11-22(12-2,13-3)18-20(7,8)17-21(9,10)19-23(14-4,15-5)16-6;1-13(2)9-17(10-14(3)4,11-15(5)6)12-16(7)8;1-11(2)8-14(7,9-12(3)4)10-13(5)6;1-9-5-10(2)7-12(4)8-11(3)6-9;1-2;1-2-15-5-18-7-16-3-14(1)4-17-8-19(6-15)12-21(11-18)13-20(9-16)10-17;;/h9-12H2,1-8H3;1-10H3;13-16H,1-8H3;11-13H,1-7H3;9-12H,1-4H3;1-2H3;14-21H,1H2;2*1H. The van der Waals surface area contributed by atoms with Gasteiger partial charge in [0.05, 0.1) is 6.23 Å². The van der Waals surface area contributed by atoms with Gasteiger partial charge >= 0.3 is 164 Å². The highest BCUT2D eigenvalue weighted by molar-refractivity contribution is 6.89. The van der Waals surface area contributed by atoms with E-state index >= 15 is 0 Å². The molecule has 0 aliphatic carbocycles. The quantitative estimate of drug-likeness (QED) is 0.0827. The molecule has 69 heteroatoms. The lowest BCUT2D eigenvalue weighted by Crippen LogP contribution is -2.70. The van der Waals surface area contributed by atoms with Crippen LogP contribution in [0.4, 0.5) is 0 Å². The van der Waals surface area contributed by atoms with E-state index < -0.39 is 265 Å². The van der Waals surface area contributed by atoms with Gasteiger partial charge in [0.25, 0.3) is 37.1 Å². The van der Waals surface area contributed by atoms with Gasteiger partial charge in [-0.25, -0.2) is 0 Å². The van der Waals surface area contributed by atoms with Gasteiger partial charge in [-0.2, -0.15) is 0 Å². The smallest absolute Gasteiger partial charge is 0.420 e. The molecule has 8 rings (SSSR count). The molecule has 8 fully saturated rings. The summed E-state index contributed by atoms with van der Waals surface area (Å²) in [5, 5.41) is 0. The van der Waals surface area contributed by atoms with Crippen LogP contribution in [0.1, 0.15) is 44.4 Å². The van der Waals surface area contributed by atoms with Gasteiger partial charge < -0.3 is 168 Å². The molecule has 8 bridgehead atoms. The molecule has 113 heavy (non-hydrogen) atoms. The maximum atomic E-state index is 6.25. The Labute approximate surface area is 723 Å². The first-order valence-electron chi connectivity index (χ1n) is 38.3. The SMILES string of the molecule is C1O[SiH]2O[SiH]3O[SiH]4O[SiH]1O[SiH]1O[SiH](O2)O[SiH](O3)O[SiH](O4)O1.CC.CCO[Si]1(C)O[Si](C)(OCC)O[Si](C)(OCC)O[Si](C)(OCC)O1.CO[Si](OC)(OC)O[Si](C)(C)O[Si](C)(C)O[Si](OC)(OC)OC.C[SiH](C)O[Si](C)(O[SiH](C)C)O[SiH](C)C.C[SiH](C)O[Si](O[SiH](C)C)(O[SiH](C)C)O[SiH](C)C.C[SiH]1O[SiH](C)O[SiH](C)O[SiH](C)O1.[HH].[HH]. The fraction of sp³-hybridized carbons (Fsp3) is 1.00. The molecule has 8 aliphatic rings. The van der Waals surface area contributed by atoms with Crippen LogP contribution < -0.4 is 0 Å². The molecule has 0 N–H and O–H groups in total. The van der Waals surface area contributed by atoms with Crippen LogP contribution >= 0.6 is 0 Å². The Morgan fingerprint density at radius 2 is 0.504 bits per heavy atom. The molecule has 8 saturated heterocycles. The van der Waals surface area contributed by atoms with Gasteiger partial charge in [0.15, 0.2) is 63.3 Å². The van der Waals surface area contributed by atoms with Crippen molar-refractivity contribution in [2.45, 2.75) is 218 Å². The minimum absolute atomic E-state index is 0. The number of hydrogen-bond acceptors (Lipinski definition) is 40. The van der Waals surface area contributed by atoms with Crippen molar-refractivity contribution in [3.8, 4) is 0 Å². The maximum Gasteiger partial charge on any atom is 0.669 e. The Balaban J connectivity index is 0. The lowest BCUT2D eigenvalue weighted by Gasteiger charge is -2.46. The van der Waals surface area contributed by atoms with Crippen molar-refractivity contribution in [3.05, 3.63) is 0 Å². The van der Waals surface area contributed by atoms with Gasteiger partial charge in [0, 0.05) is 105 Å². The first-order chi connectivity index (χ1) is 52.3. The number of fused-ring (bicyclic) bond motifs is 1. The van der Waals surface area contributed by atoms with Crippen LogP contribution in [0.15, 0.2) is 0 Å². The summed E-state index contributed by atoms with van der Waals surface area (Å²) < 4.78 is 232. The summed E-state index contributed by atoms with van der Waals surface area (Å²) in [5.41, 5.74) is 0. The summed E-state index contributed by atoms with van der Waals surface area (Å²) in [5.74, 6) is 0. The third kappa shape index (κ3) is 47.0. The van der Waals surface area contributed by atoms with Crippen molar-refractivity contribution in [1.29, 1.82) is 0 Å². The average Bonchev–Trinajstić information content (AvgIpc) is 1.41. The second-order valence-corrected chi connectivity index (χ2v) is 102. The van der Waals surface area contributed by atoms with Crippen molar-refractivity contribution in [1.82, 2.24) is 0 Å². The van der Waals surface area contributed by atoms with Crippen molar-refractivity contribution >= 4 is 265 Å². The Morgan fingerprint density at radius 1 is 0.301 bits per heavy atom. The maximum absolute atomic E-state index is 6.25. The summed E-state index contributed by atoms with van der Waals surface area (Å²) in [6.07, 6.45) is 0.277. The number of rotatable bonds is 34. The molecule has 682 valence electrons. The molecule has 0 spiro atoms. The van der Waals surface area contributed by atoms with Gasteiger partial charge in [-0.3, -0.25) is 0 Å². The molecular weight excluding hydrogens is 1980 g/mol. The molecule has 40 nitrogen and oxygen atoms in total. The molecule has 0 aromatic heterocycles. The van der Waals surface area contributed by atoms with Crippen LogP contribution in [-0.4, -0.2) is 340 Å². The predicted octanol–water partition coefficient (Wildman–Crippen LogP) is 1.67. The van der Waals surface area contributed by atoms with Crippen LogP contribution in [0.3, 0.4) is 0 Å². The molecule has 0 aromatic rings. The largest absolute Gasteiger partial charge is 0.669 e. The molecule has 4 unspecified atom stereocenters. The minimum atomic E-state index is -3.22. The molecule has 8 heterocycles. The Kier molecular flexibility index (Phi) is 57.6. The zero-order valence-corrected chi connectivity index (χ0v) is 107. The van der Waals surface area contributed by atoms with Crippen LogP contribution in [0.2, 0.25) is 177 Å². The monoisotopic (exact) mass is 2130 g/mol. The van der Waals surface area contributed by atoms with E-state index in [4.69, 9.17) is 168 Å². The molecule has 0 amide bonds. The highest BCUT2D eigenvalue weighted by atomic mass is 28.6. The van der Waals surface area contributed by atoms with Gasteiger partial charge in [0.1, 0.15) is 0 Å². The molecule has 8 aliphatic heterocycles. The van der Waals surface area contributed by atoms with E-state index in [0.29, 0.717) is 26.4 Å². The highest BCUT2D eigenvalue weighted by Gasteiger charge is 2.63. The fourth-order valence-electron chi connectivity index (χ4n) is 10.6. The molecule has 0 saturated carbocycles. The van der Waals surface area contributed by atoms with E-state index in [9.17, 15) is 0 Å². The summed E-state index contributed by atoms with van der Waals surface area (Å²) in [7, 11) is -53.8.